The van der Waals surface area contributed by atoms with E-state index in [9.17, 15) is 9.59 Å². The maximum absolute atomic E-state index is 12.8. The van der Waals surface area contributed by atoms with Crippen molar-refractivity contribution in [2.45, 2.75) is 86.1 Å². The second-order valence-corrected chi connectivity index (χ2v) is 10.2. The van der Waals surface area contributed by atoms with Crippen molar-refractivity contribution in [3.8, 4) is 0 Å². The first-order valence-electron chi connectivity index (χ1n) is 12.7. The molecular formula is C27H45N3O2. The molecule has 0 aromatic heterocycles. The molecule has 1 aliphatic rings. The van der Waals surface area contributed by atoms with Crippen LogP contribution in [-0.2, 0) is 11.3 Å². The minimum atomic E-state index is -0.0253. The Bertz CT molecular complexity index is 730. The molecule has 1 aliphatic heterocycles. The van der Waals surface area contributed by atoms with Gasteiger partial charge < -0.3 is 10.2 Å². The van der Waals surface area contributed by atoms with Gasteiger partial charge in [-0.2, -0.15) is 0 Å². The monoisotopic (exact) mass is 443 g/mol. The molecule has 32 heavy (non-hydrogen) atoms. The van der Waals surface area contributed by atoms with Gasteiger partial charge >= 0.3 is 0 Å². The van der Waals surface area contributed by atoms with Crippen molar-refractivity contribution in [2.75, 3.05) is 31.1 Å². The lowest BCUT2D eigenvalue weighted by Gasteiger charge is -2.29. The lowest BCUT2D eigenvalue weighted by atomic mass is 10.0. The summed E-state index contributed by atoms with van der Waals surface area (Å²) in [7, 11) is 0. The number of nitrogens with zero attached hydrogens (tertiary/aromatic N) is 2. The zero-order valence-corrected chi connectivity index (χ0v) is 21.1. The van der Waals surface area contributed by atoms with Crippen LogP contribution in [0.4, 0.5) is 5.69 Å². The highest BCUT2D eigenvalue weighted by molar-refractivity contribution is 5.97. The molecule has 0 fully saturated rings. The van der Waals surface area contributed by atoms with Crippen LogP contribution < -0.4 is 10.2 Å². The average molecular weight is 444 g/mol. The third kappa shape index (κ3) is 8.93. The number of benzene rings is 1. The van der Waals surface area contributed by atoms with Crippen LogP contribution in [-0.4, -0.2) is 42.9 Å². The van der Waals surface area contributed by atoms with Gasteiger partial charge in [-0.3, -0.25) is 14.5 Å². The molecule has 0 spiro atoms. The summed E-state index contributed by atoms with van der Waals surface area (Å²) in [6, 6.07) is 5.88. The summed E-state index contributed by atoms with van der Waals surface area (Å²) in [5.74, 6) is 1.27. The fourth-order valence-corrected chi connectivity index (χ4v) is 4.23. The normalized spacial score (nSPS) is 16.4. The Morgan fingerprint density at radius 3 is 2.25 bits per heavy atom. The van der Waals surface area contributed by atoms with Gasteiger partial charge in [0, 0.05) is 37.8 Å². The van der Waals surface area contributed by atoms with E-state index in [4.69, 9.17) is 0 Å². The number of hydrogen-bond donors (Lipinski definition) is 1. The summed E-state index contributed by atoms with van der Waals surface area (Å²) in [6.07, 6.45) is 7.97. The predicted octanol–water partition coefficient (Wildman–Crippen LogP) is 5.63. The summed E-state index contributed by atoms with van der Waals surface area (Å²) in [5, 5.41) is 3.06. The maximum Gasteiger partial charge on any atom is 0.251 e. The SMILES string of the molecule is CC(=O)N1CCCCCCCN(CCC(C)C)Cc2cc(C(=O)NCCC(C)C)ccc21. The number of carbonyl (C=O) groups excluding carboxylic acids is 2. The van der Waals surface area contributed by atoms with Gasteiger partial charge in [-0.1, -0.05) is 47.0 Å². The van der Waals surface area contributed by atoms with Gasteiger partial charge in [-0.05, 0) is 74.4 Å². The molecule has 180 valence electrons. The molecular weight excluding hydrogens is 398 g/mol. The lowest BCUT2D eigenvalue weighted by molar-refractivity contribution is -0.116. The van der Waals surface area contributed by atoms with Crippen molar-refractivity contribution in [3.63, 3.8) is 0 Å². The molecule has 2 rings (SSSR count). The first-order chi connectivity index (χ1) is 15.3. The van der Waals surface area contributed by atoms with Crippen LogP contribution in [0.3, 0.4) is 0 Å². The third-order valence-corrected chi connectivity index (χ3v) is 6.29. The Kier molecular flexibility index (Phi) is 11.2. The van der Waals surface area contributed by atoms with Crippen molar-refractivity contribution in [1.29, 1.82) is 0 Å². The van der Waals surface area contributed by atoms with Gasteiger partial charge in [0.15, 0.2) is 0 Å². The Balaban J connectivity index is 2.33. The molecule has 1 heterocycles. The van der Waals surface area contributed by atoms with Gasteiger partial charge in [0.2, 0.25) is 5.91 Å². The van der Waals surface area contributed by atoms with Crippen LogP contribution in [0.25, 0.3) is 0 Å². The molecule has 1 aromatic carbocycles. The van der Waals surface area contributed by atoms with Gasteiger partial charge in [-0.15, -0.1) is 0 Å². The number of carbonyl (C=O) groups is 2. The molecule has 0 unspecified atom stereocenters. The summed E-state index contributed by atoms with van der Waals surface area (Å²) in [6.45, 7) is 14.8. The van der Waals surface area contributed by atoms with Crippen LogP contribution >= 0.6 is 0 Å². The fourth-order valence-electron chi connectivity index (χ4n) is 4.23. The van der Waals surface area contributed by atoms with Crippen LogP contribution in [0.15, 0.2) is 18.2 Å². The minimum Gasteiger partial charge on any atom is -0.352 e. The summed E-state index contributed by atoms with van der Waals surface area (Å²) in [4.78, 5) is 29.8. The topological polar surface area (TPSA) is 52.7 Å². The Morgan fingerprint density at radius 2 is 1.59 bits per heavy atom. The molecule has 1 N–H and O–H groups in total. The molecule has 0 bridgehead atoms. The zero-order valence-electron chi connectivity index (χ0n) is 21.1. The Labute approximate surface area is 195 Å². The minimum absolute atomic E-state index is 0.0253. The second-order valence-electron chi connectivity index (χ2n) is 10.2. The van der Waals surface area contributed by atoms with Gasteiger partial charge in [0.25, 0.3) is 5.91 Å². The van der Waals surface area contributed by atoms with E-state index >= 15 is 0 Å². The molecule has 5 heteroatoms. The van der Waals surface area contributed by atoms with E-state index < -0.39 is 0 Å². The first kappa shape index (κ1) is 26.4. The van der Waals surface area contributed by atoms with Crippen molar-refractivity contribution >= 4 is 17.5 Å². The van der Waals surface area contributed by atoms with Gasteiger partial charge in [-0.25, -0.2) is 0 Å². The Morgan fingerprint density at radius 1 is 0.938 bits per heavy atom. The van der Waals surface area contributed by atoms with E-state index in [0.29, 0.717) is 23.9 Å². The molecule has 5 nitrogen and oxygen atoms in total. The van der Waals surface area contributed by atoms with Crippen LogP contribution in [0.2, 0.25) is 0 Å². The lowest BCUT2D eigenvalue weighted by Crippen LogP contribution is -2.33. The number of hydrogen-bond acceptors (Lipinski definition) is 3. The predicted molar refractivity (Wildman–Crippen MR) is 134 cm³/mol. The number of fused-ring (bicyclic) bond motifs is 1. The van der Waals surface area contributed by atoms with E-state index in [1.807, 2.05) is 23.1 Å². The van der Waals surface area contributed by atoms with Crippen LogP contribution in [0.5, 0.6) is 0 Å². The molecule has 1 aromatic rings. The number of rotatable bonds is 7. The van der Waals surface area contributed by atoms with E-state index in [2.05, 4.69) is 37.9 Å². The summed E-state index contributed by atoms with van der Waals surface area (Å²) >= 11 is 0. The number of nitrogens with one attached hydrogen (secondary N) is 1. The van der Waals surface area contributed by atoms with Gasteiger partial charge in [0.05, 0.1) is 0 Å². The fraction of sp³-hybridized carbons (Fsp3) is 0.704. The molecule has 0 saturated heterocycles. The van der Waals surface area contributed by atoms with E-state index in [1.165, 1.54) is 19.3 Å². The molecule has 0 radical (unpaired) electrons. The summed E-state index contributed by atoms with van der Waals surface area (Å²) in [5.41, 5.74) is 2.74. The van der Waals surface area contributed by atoms with Crippen LogP contribution in [0, 0.1) is 11.8 Å². The number of amides is 2. The van der Waals surface area contributed by atoms with Crippen LogP contribution in [0.1, 0.15) is 95.5 Å². The quantitative estimate of drug-likeness (QED) is 0.594. The smallest absolute Gasteiger partial charge is 0.251 e. The Hall–Kier alpha value is -1.88. The molecule has 0 atom stereocenters. The van der Waals surface area contributed by atoms with E-state index in [-0.39, 0.29) is 11.8 Å². The van der Waals surface area contributed by atoms with Crippen molar-refractivity contribution in [1.82, 2.24) is 10.2 Å². The molecule has 0 aliphatic carbocycles. The first-order valence-corrected chi connectivity index (χ1v) is 12.7. The highest BCUT2D eigenvalue weighted by Crippen LogP contribution is 2.26. The zero-order chi connectivity index (χ0) is 23.5. The van der Waals surface area contributed by atoms with Crippen molar-refractivity contribution in [2.24, 2.45) is 11.8 Å². The standard InChI is InChI=1S/C27H45N3O2/c1-21(2)13-15-28-27(32)24-11-12-26-25(19-24)20-29(18-14-22(3)4)16-9-7-6-8-10-17-30(26)23(5)31/h11-12,19,21-22H,6-10,13-18,20H2,1-5H3,(H,28,32). The van der Waals surface area contributed by atoms with Gasteiger partial charge in [0.1, 0.15) is 0 Å². The van der Waals surface area contributed by atoms with E-state index in [0.717, 1.165) is 63.1 Å². The highest BCUT2D eigenvalue weighted by atomic mass is 16.2. The number of anilines is 1. The highest BCUT2D eigenvalue weighted by Gasteiger charge is 2.20. The largest absolute Gasteiger partial charge is 0.352 e. The molecule has 2 amide bonds. The second kappa shape index (κ2) is 13.6. The maximum atomic E-state index is 12.8. The summed E-state index contributed by atoms with van der Waals surface area (Å²) < 4.78 is 0. The molecule has 0 saturated carbocycles. The van der Waals surface area contributed by atoms with E-state index in [1.54, 1.807) is 6.92 Å². The average Bonchev–Trinajstić information content (AvgIpc) is 2.72. The van der Waals surface area contributed by atoms with Crippen molar-refractivity contribution < 1.29 is 9.59 Å². The third-order valence-electron chi connectivity index (χ3n) is 6.29. The van der Waals surface area contributed by atoms with Crippen molar-refractivity contribution in [3.05, 3.63) is 29.3 Å².